The average molecular weight is 464 g/mol. The molecule has 25 heavy (non-hydrogen) atoms. The molecule has 1 unspecified atom stereocenters. The van der Waals surface area contributed by atoms with Crippen molar-refractivity contribution >= 4 is 35.8 Å². The largest absolute Gasteiger partial charge is 0.376 e. The molecule has 1 amide bonds. The molecule has 0 saturated carbocycles. The second kappa shape index (κ2) is 11.2. The van der Waals surface area contributed by atoms with Gasteiger partial charge in [-0.3, -0.25) is 4.79 Å². The van der Waals surface area contributed by atoms with Crippen LogP contribution in [-0.4, -0.2) is 56.7 Å². The zero-order valence-corrected chi connectivity index (χ0v) is 17.0. The van der Waals surface area contributed by atoms with Crippen molar-refractivity contribution in [3.8, 4) is 0 Å². The first-order valence-corrected chi connectivity index (χ1v) is 8.13. The molecule has 1 aliphatic heterocycles. The fourth-order valence-electron chi connectivity index (χ4n) is 2.30. The number of hydrogen-bond donors (Lipinski definition) is 2. The highest BCUT2D eigenvalue weighted by Gasteiger charge is 2.16. The van der Waals surface area contributed by atoms with E-state index in [9.17, 15) is 9.18 Å². The van der Waals surface area contributed by atoms with Crippen molar-refractivity contribution in [2.75, 3.05) is 33.8 Å². The number of rotatable bonds is 6. The van der Waals surface area contributed by atoms with E-state index in [1.165, 1.54) is 11.0 Å². The Hall–Kier alpha value is -1.42. The van der Waals surface area contributed by atoms with Crippen LogP contribution in [0.5, 0.6) is 0 Å². The Balaban J connectivity index is 0.00000312. The zero-order chi connectivity index (χ0) is 17.4. The Kier molecular flexibility index (Phi) is 9.73. The van der Waals surface area contributed by atoms with E-state index in [-0.39, 0.29) is 54.9 Å². The molecule has 2 N–H and O–H groups in total. The summed E-state index contributed by atoms with van der Waals surface area (Å²) < 4.78 is 19.3. The molecule has 1 saturated heterocycles. The van der Waals surface area contributed by atoms with Gasteiger partial charge in [0.2, 0.25) is 5.91 Å². The molecule has 1 heterocycles. The van der Waals surface area contributed by atoms with Crippen LogP contribution in [0, 0.1) is 5.82 Å². The van der Waals surface area contributed by atoms with Gasteiger partial charge in [0.25, 0.3) is 0 Å². The van der Waals surface area contributed by atoms with E-state index < -0.39 is 0 Å². The summed E-state index contributed by atoms with van der Waals surface area (Å²) in [5.74, 6) is 0.126. The van der Waals surface area contributed by atoms with Gasteiger partial charge in [-0.1, -0.05) is 18.2 Å². The SMILES string of the molecule is CN(C)C(=O)CNC(=NCc1ccccc1F)NCC1CCCO1.I. The number of hydrogen-bond acceptors (Lipinski definition) is 3. The lowest BCUT2D eigenvalue weighted by atomic mass is 10.2. The number of likely N-dealkylation sites (N-methyl/N-ethyl adjacent to an activating group) is 1. The van der Waals surface area contributed by atoms with Crippen LogP contribution < -0.4 is 10.6 Å². The summed E-state index contributed by atoms with van der Waals surface area (Å²) in [7, 11) is 3.39. The van der Waals surface area contributed by atoms with Crippen molar-refractivity contribution in [2.24, 2.45) is 4.99 Å². The van der Waals surface area contributed by atoms with Gasteiger partial charge >= 0.3 is 0 Å². The summed E-state index contributed by atoms with van der Waals surface area (Å²) in [5.41, 5.74) is 0.509. The van der Waals surface area contributed by atoms with E-state index in [0.717, 1.165) is 19.4 Å². The first-order chi connectivity index (χ1) is 11.6. The van der Waals surface area contributed by atoms with Crippen molar-refractivity contribution < 1.29 is 13.9 Å². The summed E-state index contributed by atoms with van der Waals surface area (Å²) >= 11 is 0. The molecule has 0 bridgehead atoms. The molecule has 0 radical (unpaired) electrons. The molecule has 2 rings (SSSR count). The number of benzene rings is 1. The second-order valence-electron chi connectivity index (χ2n) is 5.91. The topological polar surface area (TPSA) is 66.0 Å². The van der Waals surface area contributed by atoms with Crippen LogP contribution in [-0.2, 0) is 16.1 Å². The van der Waals surface area contributed by atoms with Crippen LogP contribution in [0.1, 0.15) is 18.4 Å². The first-order valence-electron chi connectivity index (χ1n) is 8.13. The van der Waals surface area contributed by atoms with E-state index in [4.69, 9.17) is 4.74 Å². The van der Waals surface area contributed by atoms with Crippen molar-refractivity contribution in [1.82, 2.24) is 15.5 Å². The minimum absolute atomic E-state index is 0. The third-order valence-electron chi connectivity index (χ3n) is 3.79. The van der Waals surface area contributed by atoms with Gasteiger partial charge in [0.15, 0.2) is 5.96 Å². The predicted molar refractivity (Wildman–Crippen MR) is 107 cm³/mol. The predicted octanol–water partition coefficient (Wildman–Crippen LogP) is 1.75. The lowest BCUT2D eigenvalue weighted by Gasteiger charge is -2.17. The third kappa shape index (κ3) is 7.55. The third-order valence-corrected chi connectivity index (χ3v) is 3.79. The molecule has 1 fully saturated rings. The highest BCUT2D eigenvalue weighted by atomic mass is 127. The molecule has 1 aliphatic rings. The molecule has 140 valence electrons. The van der Waals surface area contributed by atoms with Crippen LogP contribution in [0.25, 0.3) is 0 Å². The number of ether oxygens (including phenoxy) is 1. The molecule has 0 spiro atoms. The minimum atomic E-state index is -0.288. The number of carbonyl (C=O) groups excluding carboxylic acids is 1. The number of nitrogens with one attached hydrogen (secondary N) is 2. The van der Waals surface area contributed by atoms with Crippen LogP contribution in [0.15, 0.2) is 29.3 Å². The lowest BCUT2D eigenvalue weighted by molar-refractivity contribution is -0.127. The molecule has 0 aliphatic carbocycles. The summed E-state index contributed by atoms with van der Waals surface area (Å²) in [4.78, 5) is 17.6. The van der Waals surface area contributed by atoms with Crippen molar-refractivity contribution in [1.29, 1.82) is 0 Å². The van der Waals surface area contributed by atoms with Gasteiger partial charge in [0.05, 0.1) is 19.2 Å². The van der Waals surface area contributed by atoms with Gasteiger partial charge in [-0.15, -0.1) is 24.0 Å². The maximum Gasteiger partial charge on any atom is 0.241 e. The lowest BCUT2D eigenvalue weighted by Crippen LogP contribution is -2.45. The standard InChI is InChI=1S/C17H25FN4O2.HI/c1-22(2)16(23)12-21-17(20-11-14-7-5-9-24-14)19-10-13-6-3-4-8-15(13)18;/h3-4,6,8,14H,5,7,9-12H2,1-2H3,(H2,19,20,21);1H. The maximum atomic E-state index is 13.7. The number of carbonyl (C=O) groups is 1. The number of halogens is 2. The highest BCUT2D eigenvalue weighted by molar-refractivity contribution is 14.0. The summed E-state index contributed by atoms with van der Waals surface area (Å²) in [6, 6.07) is 6.53. The fraction of sp³-hybridized carbons (Fsp3) is 0.529. The number of aliphatic imine (C=N–C) groups is 1. The zero-order valence-electron chi connectivity index (χ0n) is 14.6. The quantitative estimate of drug-likeness (QED) is 0.383. The van der Waals surface area contributed by atoms with Gasteiger partial charge in [-0.05, 0) is 18.9 Å². The minimum Gasteiger partial charge on any atom is -0.376 e. The molecule has 1 aromatic rings. The summed E-state index contributed by atoms with van der Waals surface area (Å²) in [6.45, 7) is 1.71. The summed E-state index contributed by atoms with van der Waals surface area (Å²) in [6.07, 6.45) is 2.21. The van der Waals surface area contributed by atoms with Crippen molar-refractivity contribution in [3.05, 3.63) is 35.6 Å². The molecular weight excluding hydrogens is 438 g/mol. The number of nitrogens with zero attached hydrogens (tertiary/aromatic N) is 2. The molecule has 8 heteroatoms. The van der Waals surface area contributed by atoms with Crippen LogP contribution >= 0.6 is 24.0 Å². The smallest absolute Gasteiger partial charge is 0.241 e. The second-order valence-corrected chi connectivity index (χ2v) is 5.91. The van der Waals surface area contributed by atoms with E-state index in [1.807, 2.05) is 0 Å². The average Bonchev–Trinajstić information content (AvgIpc) is 3.08. The van der Waals surface area contributed by atoms with Gasteiger partial charge in [0, 0.05) is 32.8 Å². The van der Waals surface area contributed by atoms with Crippen LogP contribution in [0.4, 0.5) is 4.39 Å². The summed E-state index contributed by atoms with van der Waals surface area (Å²) in [5, 5.41) is 6.15. The monoisotopic (exact) mass is 464 g/mol. The van der Waals surface area contributed by atoms with E-state index >= 15 is 0 Å². The van der Waals surface area contributed by atoms with Crippen LogP contribution in [0.2, 0.25) is 0 Å². The van der Waals surface area contributed by atoms with Crippen molar-refractivity contribution in [2.45, 2.75) is 25.5 Å². The Morgan fingerprint density at radius 2 is 2.12 bits per heavy atom. The molecule has 6 nitrogen and oxygen atoms in total. The normalized spacial score (nSPS) is 16.9. The van der Waals surface area contributed by atoms with Gasteiger partial charge in [-0.2, -0.15) is 0 Å². The van der Waals surface area contributed by atoms with Gasteiger partial charge < -0.3 is 20.3 Å². The maximum absolute atomic E-state index is 13.7. The molecule has 1 atom stereocenters. The molecule has 1 aromatic carbocycles. The van der Waals surface area contributed by atoms with Gasteiger partial charge in [0.1, 0.15) is 5.82 Å². The van der Waals surface area contributed by atoms with Crippen LogP contribution in [0.3, 0.4) is 0 Å². The number of amides is 1. The highest BCUT2D eigenvalue weighted by Crippen LogP contribution is 2.10. The number of guanidine groups is 1. The van der Waals surface area contributed by atoms with E-state index in [2.05, 4.69) is 15.6 Å². The fourth-order valence-corrected chi connectivity index (χ4v) is 2.30. The Bertz CT molecular complexity index is 578. The van der Waals surface area contributed by atoms with E-state index in [1.54, 1.807) is 32.3 Å². The van der Waals surface area contributed by atoms with Crippen molar-refractivity contribution in [3.63, 3.8) is 0 Å². The van der Waals surface area contributed by atoms with E-state index in [0.29, 0.717) is 18.1 Å². The Labute approximate surface area is 165 Å². The first kappa shape index (κ1) is 21.6. The molecule has 0 aromatic heterocycles. The molecular formula is C17H26FIN4O2. The van der Waals surface area contributed by atoms with Gasteiger partial charge in [-0.25, -0.2) is 9.38 Å². The Morgan fingerprint density at radius 1 is 1.36 bits per heavy atom. The Morgan fingerprint density at radius 3 is 2.76 bits per heavy atom.